The zero-order valence-corrected chi connectivity index (χ0v) is 19.6. The molecule has 170 valence electrons. The second-order valence-corrected chi connectivity index (χ2v) is 9.14. The molecular formula is C22H21N5O4S2. The molecule has 0 aliphatic heterocycles. The molecule has 0 saturated carbocycles. The van der Waals surface area contributed by atoms with Crippen LogP contribution >= 0.6 is 23.1 Å². The third kappa shape index (κ3) is 4.75. The van der Waals surface area contributed by atoms with Gasteiger partial charge in [0.2, 0.25) is 0 Å². The Morgan fingerprint density at radius 1 is 1.24 bits per heavy atom. The molecule has 11 heteroatoms. The number of nitrogen functional groups attached to an aromatic ring is 1. The summed E-state index contributed by atoms with van der Waals surface area (Å²) in [5, 5.41) is 1.49. The van der Waals surface area contributed by atoms with Crippen molar-refractivity contribution < 1.29 is 9.53 Å². The number of carbonyl (C=O) groups is 1. The molecule has 0 spiro atoms. The minimum atomic E-state index is -0.803. The van der Waals surface area contributed by atoms with Crippen molar-refractivity contribution in [1.29, 1.82) is 0 Å². The van der Waals surface area contributed by atoms with Crippen LogP contribution in [0.2, 0.25) is 0 Å². The molecule has 33 heavy (non-hydrogen) atoms. The molecule has 0 amide bonds. The maximum atomic E-state index is 12.9. The monoisotopic (exact) mass is 483 g/mol. The third-order valence-electron chi connectivity index (χ3n) is 4.91. The lowest BCUT2D eigenvalue weighted by atomic mass is 10.2. The van der Waals surface area contributed by atoms with Crippen molar-refractivity contribution in [1.82, 2.24) is 19.5 Å². The molecule has 0 atom stereocenters. The molecule has 0 bridgehead atoms. The van der Waals surface area contributed by atoms with E-state index in [2.05, 4.69) is 15.0 Å². The lowest BCUT2D eigenvalue weighted by Gasteiger charge is -2.11. The van der Waals surface area contributed by atoms with Gasteiger partial charge in [0.1, 0.15) is 27.1 Å². The lowest BCUT2D eigenvalue weighted by molar-refractivity contribution is 0.102. The molecule has 4 rings (SSSR count). The van der Waals surface area contributed by atoms with Gasteiger partial charge in [-0.15, -0.1) is 11.3 Å². The average molecular weight is 484 g/mol. The summed E-state index contributed by atoms with van der Waals surface area (Å²) < 4.78 is 6.09. The van der Waals surface area contributed by atoms with Crippen molar-refractivity contribution in [2.75, 3.05) is 25.2 Å². The Kier molecular flexibility index (Phi) is 6.72. The van der Waals surface area contributed by atoms with Crippen LogP contribution in [0.15, 0.2) is 51.0 Å². The van der Waals surface area contributed by atoms with E-state index < -0.39 is 17.0 Å². The van der Waals surface area contributed by atoms with Crippen molar-refractivity contribution >= 4 is 44.9 Å². The molecule has 4 aromatic rings. The minimum absolute atomic E-state index is 0.0716. The number of Topliss-reactive ketones (excluding diaryl/α,β-unsaturated/α-hetero) is 1. The first-order valence-electron chi connectivity index (χ1n) is 10.00. The molecule has 0 saturated heterocycles. The number of ether oxygens (including phenoxy) is 1. The number of nitrogens with two attached hydrogens (primary N) is 1. The number of anilines is 1. The van der Waals surface area contributed by atoms with Crippen LogP contribution in [0.3, 0.4) is 0 Å². The van der Waals surface area contributed by atoms with E-state index in [1.807, 2.05) is 36.4 Å². The number of aromatic nitrogens is 4. The first-order chi connectivity index (χ1) is 15.9. The van der Waals surface area contributed by atoms with Gasteiger partial charge in [-0.3, -0.25) is 19.1 Å². The fraction of sp³-hybridized carbons (Fsp3) is 0.227. The number of H-pyrrole nitrogens is 1. The highest BCUT2D eigenvalue weighted by Crippen LogP contribution is 2.36. The Morgan fingerprint density at radius 2 is 2.00 bits per heavy atom. The van der Waals surface area contributed by atoms with Gasteiger partial charge in [-0.25, -0.2) is 14.8 Å². The van der Waals surface area contributed by atoms with Crippen LogP contribution in [0.1, 0.15) is 16.2 Å². The van der Waals surface area contributed by atoms with Crippen molar-refractivity contribution in [2.45, 2.75) is 18.5 Å². The summed E-state index contributed by atoms with van der Waals surface area (Å²) in [5.41, 5.74) is 5.36. The number of thiophene rings is 1. The van der Waals surface area contributed by atoms with E-state index >= 15 is 0 Å². The lowest BCUT2D eigenvalue weighted by Crippen LogP contribution is -2.37. The Bertz CT molecular complexity index is 1440. The summed E-state index contributed by atoms with van der Waals surface area (Å²) in [6, 6.07) is 12.0. The zero-order valence-electron chi connectivity index (χ0n) is 18.0. The SMILES string of the molecule is COCCn1c(N)c(C(=O)CSc2nc(C)nc3sc(-c4ccccc4)cc23)c(=O)[nH]c1=O. The highest BCUT2D eigenvalue weighted by Gasteiger charge is 2.21. The Balaban J connectivity index is 1.64. The molecule has 0 unspecified atom stereocenters. The molecule has 0 aliphatic carbocycles. The molecule has 9 nitrogen and oxygen atoms in total. The standard InChI is InChI=1S/C22H21N5O4S2/c1-12-24-20(14-10-16(33-21(14)25-12)13-6-4-3-5-7-13)32-11-15(28)17-18(23)27(8-9-31-2)22(30)26-19(17)29/h3-7,10H,8-9,11,23H2,1-2H3,(H,26,29,30). The second-order valence-electron chi connectivity index (χ2n) is 7.15. The summed E-state index contributed by atoms with van der Waals surface area (Å²) in [5.74, 6) is -0.146. The van der Waals surface area contributed by atoms with Gasteiger partial charge in [0, 0.05) is 17.4 Å². The first kappa shape index (κ1) is 22.9. The number of rotatable bonds is 8. The van der Waals surface area contributed by atoms with Crippen molar-refractivity contribution in [2.24, 2.45) is 0 Å². The number of aromatic amines is 1. The topological polar surface area (TPSA) is 133 Å². The van der Waals surface area contributed by atoms with E-state index in [0.717, 1.165) is 25.2 Å². The molecule has 3 N–H and O–H groups in total. The average Bonchev–Trinajstić information content (AvgIpc) is 3.22. The quantitative estimate of drug-likeness (QED) is 0.222. The van der Waals surface area contributed by atoms with E-state index in [0.29, 0.717) is 10.9 Å². The smallest absolute Gasteiger partial charge is 0.330 e. The third-order valence-corrected chi connectivity index (χ3v) is 6.97. The van der Waals surface area contributed by atoms with Gasteiger partial charge < -0.3 is 10.5 Å². The van der Waals surface area contributed by atoms with E-state index in [1.54, 1.807) is 18.3 Å². The van der Waals surface area contributed by atoms with E-state index in [-0.39, 0.29) is 30.3 Å². The highest BCUT2D eigenvalue weighted by molar-refractivity contribution is 8.00. The highest BCUT2D eigenvalue weighted by atomic mass is 32.2. The Morgan fingerprint density at radius 3 is 2.73 bits per heavy atom. The van der Waals surface area contributed by atoms with Gasteiger partial charge in [-0.2, -0.15) is 0 Å². The maximum absolute atomic E-state index is 12.9. The normalized spacial score (nSPS) is 11.2. The number of benzene rings is 1. The predicted molar refractivity (Wildman–Crippen MR) is 130 cm³/mol. The number of fused-ring (bicyclic) bond motifs is 1. The fourth-order valence-corrected chi connectivity index (χ4v) is 5.39. The summed E-state index contributed by atoms with van der Waals surface area (Å²) in [7, 11) is 1.48. The molecule has 1 aromatic carbocycles. The molecule has 0 radical (unpaired) electrons. The van der Waals surface area contributed by atoms with Crippen LogP contribution in [-0.2, 0) is 11.3 Å². The number of ketones is 1. The van der Waals surface area contributed by atoms with Crippen LogP contribution in [0.5, 0.6) is 0 Å². The fourth-order valence-electron chi connectivity index (χ4n) is 3.32. The van der Waals surface area contributed by atoms with Crippen LogP contribution in [0, 0.1) is 6.92 Å². The maximum Gasteiger partial charge on any atom is 0.330 e. The van der Waals surface area contributed by atoms with Gasteiger partial charge in [-0.1, -0.05) is 42.1 Å². The minimum Gasteiger partial charge on any atom is -0.384 e. The summed E-state index contributed by atoms with van der Waals surface area (Å²) in [6.45, 7) is 2.12. The van der Waals surface area contributed by atoms with Crippen LogP contribution in [0.25, 0.3) is 20.7 Å². The van der Waals surface area contributed by atoms with E-state index in [1.165, 1.54) is 18.9 Å². The molecule has 3 aromatic heterocycles. The van der Waals surface area contributed by atoms with Crippen molar-refractivity contribution in [3.63, 3.8) is 0 Å². The van der Waals surface area contributed by atoms with Gasteiger partial charge in [0.15, 0.2) is 5.78 Å². The number of nitrogens with zero attached hydrogens (tertiary/aromatic N) is 3. The summed E-state index contributed by atoms with van der Waals surface area (Å²) >= 11 is 2.76. The van der Waals surface area contributed by atoms with Crippen LogP contribution in [0.4, 0.5) is 5.82 Å². The number of hydrogen-bond donors (Lipinski definition) is 2. The van der Waals surface area contributed by atoms with Crippen LogP contribution < -0.4 is 17.0 Å². The number of thioether (sulfide) groups is 1. The second kappa shape index (κ2) is 9.69. The van der Waals surface area contributed by atoms with Gasteiger partial charge in [0.25, 0.3) is 5.56 Å². The predicted octanol–water partition coefficient (Wildman–Crippen LogP) is 2.72. The van der Waals surface area contributed by atoms with Crippen molar-refractivity contribution in [3.8, 4) is 10.4 Å². The molecule has 3 heterocycles. The zero-order chi connectivity index (χ0) is 23.5. The number of hydrogen-bond acceptors (Lipinski definition) is 9. The van der Waals surface area contributed by atoms with Gasteiger partial charge in [-0.05, 0) is 18.6 Å². The molecule has 0 fully saturated rings. The summed E-state index contributed by atoms with van der Waals surface area (Å²) in [4.78, 5) is 50.4. The number of carbonyl (C=O) groups excluding carboxylic acids is 1. The number of methoxy groups -OCH3 is 1. The van der Waals surface area contributed by atoms with Crippen LogP contribution in [-0.4, -0.2) is 44.8 Å². The number of aryl methyl sites for hydroxylation is 1. The van der Waals surface area contributed by atoms with Crippen molar-refractivity contribution in [3.05, 3.63) is 68.6 Å². The molecular weight excluding hydrogens is 462 g/mol. The molecule has 0 aliphatic rings. The van der Waals surface area contributed by atoms with Gasteiger partial charge >= 0.3 is 5.69 Å². The van der Waals surface area contributed by atoms with E-state index in [4.69, 9.17) is 10.5 Å². The number of nitrogens with one attached hydrogen (secondary N) is 1. The Labute approximate surface area is 196 Å². The Hall–Kier alpha value is -3.28. The van der Waals surface area contributed by atoms with E-state index in [9.17, 15) is 14.4 Å². The van der Waals surface area contributed by atoms with Gasteiger partial charge in [0.05, 0.1) is 18.9 Å². The first-order valence-corrected chi connectivity index (χ1v) is 11.8. The largest absolute Gasteiger partial charge is 0.384 e. The summed E-state index contributed by atoms with van der Waals surface area (Å²) in [6.07, 6.45) is 0.